The Morgan fingerprint density at radius 2 is 1.67 bits per heavy atom. The van der Waals surface area contributed by atoms with Gasteiger partial charge in [-0.2, -0.15) is 5.26 Å². The van der Waals surface area contributed by atoms with Gasteiger partial charge < -0.3 is 23.7 Å². The molecule has 2 heterocycles. The second kappa shape index (κ2) is 8.88. The van der Waals surface area contributed by atoms with Gasteiger partial charge in [-0.25, -0.2) is 9.59 Å². The lowest BCUT2D eigenvalue weighted by atomic mass is 10.2. The average Bonchev–Trinajstić information content (AvgIpc) is 3.07. The molecule has 0 N–H and O–H groups in total. The number of para-hydroxylation sites is 2. The lowest BCUT2D eigenvalue weighted by molar-refractivity contribution is -0.149. The van der Waals surface area contributed by atoms with Gasteiger partial charge in [0.1, 0.15) is 28.8 Å². The molecule has 1 aromatic heterocycles. The number of Topliss-reactive ketones (excluding diaryl/α,β-unsaturated/α-hetero) is 1. The van der Waals surface area contributed by atoms with E-state index in [1.165, 1.54) is 12.1 Å². The third-order valence-corrected chi connectivity index (χ3v) is 5.17. The number of ketones is 1. The van der Waals surface area contributed by atoms with Crippen LogP contribution in [-0.4, -0.2) is 39.1 Å². The maximum Gasteiger partial charge on any atom is 0.344 e. The fourth-order valence-electron chi connectivity index (χ4n) is 3.59. The highest BCUT2D eigenvalue weighted by Gasteiger charge is 2.31. The molecule has 0 saturated heterocycles. The van der Waals surface area contributed by atoms with Crippen molar-refractivity contribution in [3.05, 3.63) is 76.4 Å². The Bertz CT molecular complexity index is 1350. The van der Waals surface area contributed by atoms with Crippen LogP contribution in [0.3, 0.4) is 0 Å². The molecule has 3 aromatic rings. The smallest absolute Gasteiger partial charge is 0.344 e. The second-order valence-electron chi connectivity index (χ2n) is 7.24. The van der Waals surface area contributed by atoms with E-state index in [-0.39, 0.29) is 5.57 Å². The van der Waals surface area contributed by atoms with Crippen LogP contribution in [0, 0.1) is 11.3 Å². The van der Waals surface area contributed by atoms with Gasteiger partial charge in [0.15, 0.2) is 13.2 Å². The van der Waals surface area contributed by atoms with Crippen molar-refractivity contribution < 1.29 is 23.5 Å². The molecule has 166 valence electrons. The molecule has 1 aliphatic rings. The van der Waals surface area contributed by atoms with E-state index in [4.69, 9.17) is 13.9 Å². The topological polar surface area (TPSA) is 113 Å². The number of hydrogen-bond acceptors (Lipinski definition) is 9. The van der Waals surface area contributed by atoms with Crippen molar-refractivity contribution in [2.45, 2.75) is 0 Å². The molecule has 0 fully saturated rings. The normalized spacial score (nSPS) is 12.3. The number of carbonyl (C=O) groups excluding carboxylic acids is 2. The highest BCUT2D eigenvalue weighted by Crippen LogP contribution is 2.40. The predicted molar refractivity (Wildman–Crippen MR) is 120 cm³/mol. The minimum Gasteiger partial charge on any atom is -0.482 e. The summed E-state index contributed by atoms with van der Waals surface area (Å²) in [7, 11) is 3.52. The summed E-state index contributed by atoms with van der Waals surface area (Å²) in [5.74, 6) is -0.697. The molecule has 33 heavy (non-hydrogen) atoms. The quantitative estimate of drug-likeness (QED) is 0.244. The first kappa shape index (κ1) is 21.6. The molecule has 0 atom stereocenters. The van der Waals surface area contributed by atoms with E-state index >= 15 is 0 Å². The zero-order valence-corrected chi connectivity index (χ0v) is 17.9. The number of hydrogen-bond donors (Lipinski definition) is 0. The fraction of sp³-hybridized carbons (Fsp3) is 0.167. The van der Waals surface area contributed by atoms with Crippen LogP contribution in [-0.2, 0) is 14.3 Å². The first-order chi connectivity index (χ1) is 15.9. The molecule has 0 spiro atoms. The largest absolute Gasteiger partial charge is 0.482 e. The van der Waals surface area contributed by atoms with E-state index in [9.17, 15) is 19.6 Å². The fourth-order valence-corrected chi connectivity index (χ4v) is 3.59. The van der Waals surface area contributed by atoms with Crippen molar-refractivity contribution in [1.29, 1.82) is 5.26 Å². The predicted octanol–water partition coefficient (Wildman–Crippen LogP) is 2.61. The van der Waals surface area contributed by atoms with Gasteiger partial charge in [-0.3, -0.25) is 4.79 Å². The molecule has 0 aliphatic carbocycles. The van der Waals surface area contributed by atoms with Crippen LogP contribution in [0.15, 0.2) is 75.2 Å². The third-order valence-electron chi connectivity index (χ3n) is 5.17. The highest BCUT2D eigenvalue weighted by atomic mass is 16.6. The Kier molecular flexibility index (Phi) is 5.83. The van der Waals surface area contributed by atoms with Gasteiger partial charge in [-0.05, 0) is 30.3 Å². The number of fused-ring (bicyclic) bond motifs is 2. The summed E-state index contributed by atoms with van der Waals surface area (Å²) >= 11 is 0. The molecule has 2 aromatic carbocycles. The Balaban J connectivity index is 1.39. The Morgan fingerprint density at radius 3 is 2.33 bits per heavy atom. The monoisotopic (exact) mass is 445 g/mol. The van der Waals surface area contributed by atoms with E-state index in [0.29, 0.717) is 22.5 Å². The molecule has 0 unspecified atom stereocenters. The molecule has 9 heteroatoms. The SMILES string of the molecule is CN1C(=C(C#N)C(=O)COC(=O)COc2ccc3ccc(=O)oc3c2)N(C)c2ccccc21. The lowest BCUT2D eigenvalue weighted by Gasteiger charge is -2.19. The maximum atomic E-state index is 12.7. The van der Waals surface area contributed by atoms with Crippen molar-refractivity contribution in [3.8, 4) is 11.8 Å². The lowest BCUT2D eigenvalue weighted by Crippen LogP contribution is -2.28. The van der Waals surface area contributed by atoms with Gasteiger partial charge >= 0.3 is 11.6 Å². The number of nitriles is 1. The highest BCUT2D eigenvalue weighted by molar-refractivity contribution is 6.03. The zero-order valence-electron chi connectivity index (χ0n) is 17.9. The number of rotatable bonds is 6. The number of ether oxygens (including phenoxy) is 2. The van der Waals surface area contributed by atoms with Gasteiger partial charge in [0.25, 0.3) is 0 Å². The minimum atomic E-state index is -0.781. The van der Waals surface area contributed by atoms with Gasteiger partial charge in [0.2, 0.25) is 5.78 Å². The molecule has 1 aliphatic heterocycles. The molecule has 9 nitrogen and oxygen atoms in total. The number of carbonyl (C=O) groups is 2. The minimum absolute atomic E-state index is 0.116. The molecule has 0 amide bonds. The van der Waals surface area contributed by atoms with Crippen molar-refractivity contribution in [2.24, 2.45) is 0 Å². The molecular weight excluding hydrogens is 426 g/mol. The average molecular weight is 445 g/mol. The maximum absolute atomic E-state index is 12.7. The van der Waals surface area contributed by atoms with Gasteiger partial charge in [-0.1, -0.05) is 12.1 Å². The van der Waals surface area contributed by atoms with E-state index < -0.39 is 30.6 Å². The summed E-state index contributed by atoms with van der Waals surface area (Å²) in [6.45, 7) is -1.06. The number of benzene rings is 2. The van der Waals surface area contributed by atoms with E-state index in [1.807, 2.05) is 30.3 Å². The summed E-state index contributed by atoms with van der Waals surface area (Å²) < 4.78 is 15.5. The summed E-state index contributed by atoms with van der Waals surface area (Å²) in [5, 5.41) is 10.3. The van der Waals surface area contributed by atoms with Gasteiger partial charge in [0, 0.05) is 31.6 Å². The third kappa shape index (κ3) is 4.27. The second-order valence-corrected chi connectivity index (χ2v) is 7.24. The van der Waals surface area contributed by atoms with Crippen molar-refractivity contribution >= 4 is 34.1 Å². The Labute approximate surface area is 188 Å². The van der Waals surface area contributed by atoms with Crippen LogP contribution in [0.4, 0.5) is 11.4 Å². The molecular formula is C24H19N3O6. The number of anilines is 2. The summed E-state index contributed by atoms with van der Waals surface area (Å²) in [4.78, 5) is 39.6. The summed E-state index contributed by atoms with van der Waals surface area (Å²) in [6.07, 6.45) is 0. The Hall–Kier alpha value is -4.58. The van der Waals surface area contributed by atoms with Crippen molar-refractivity contribution in [3.63, 3.8) is 0 Å². The van der Waals surface area contributed by atoms with Crippen LogP contribution in [0.5, 0.6) is 5.75 Å². The van der Waals surface area contributed by atoms with E-state index in [0.717, 1.165) is 11.4 Å². The van der Waals surface area contributed by atoms with E-state index in [1.54, 1.807) is 42.1 Å². The van der Waals surface area contributed by atoms with Crippen LogP contribution in [0.2, 0.25) is 0 Å². The summed E-state index contributed by atoms with van der Waals surface area (Å²) in [5.41, 5.74) is 1.41. The molecule has 0 bridgehead atoms. The van der Waals surface area contributed by atoms with E-state index in [2.05, 4.69) is 0 Å². The first-order valence-corrected chi connectivity index (χ1v) is 9.95. The van der Waals surface area contributed by atoms with Crippen molar-refractivity contribution in [1.82, 2.24) is 0 Å². The zero-order chi connectivity index (χ0) is 23.5. The van der Waals surface area contributed by atoms with Gasteiger partial charge in [0.05, 0.1) is 11.4 Å². The molecule has 0 saturated carbocycles. The Morgan fingerprint density at radius 1 is 1.00 bits per heavy atom. The molecule has 0 radical (unpaired) electrons. The van der Waals surface area contributed by atoms with Crippen molar-refractivity contribution in [2.75, 3.05) is 37.1 Å². The number of esters is 1. The first-order valence-electron chi connectivity index (χ1n) is 9.95. The van der Waals surface area contributed by atoms with Gasteiger partial charge in [-0.15, -0.1) is 0 Å². The number of nitrogens with zero attached hydrogens (tertiary/aromatic N) is 3. The van der Waals surface area contributed by atoms with Crippen LogP contribution < -0.4 is 20.2 Å². The summed E-state index contributed by atoms with van der Waals surface area (Å²) in [6, 6.07) is 17.1. The van der Waals surface area contributed by atoms with Crippen LogP contribution >= 0.6 is 0 Å². The molecule has 4 rings (SSSR count). The van der Waals surface area contributed by atoms with Crippen LogP contribution in [0.25, 0.3) is 11.0 Å². The standard InChI is InChI=1S/C24H19N3O6/c1-26-18-5-3-4-6-19(18)27(2)24(26)17(12-25)20(28)13-32-23(30)14-31-16-9-7-15-8-10-22(29)33-21(15)11-16/h3-11H,13-14H2,1-2H3. The van der Waals surface area contributed by atoms with Crippen LogP contribution in [0.1, 0.15) is 0 Å².